The summed E-state index contributed by atoms with van der Waals surface area (Å²) >= 11 is 0. The lowest BCUT2D eigenvalue weighted by atomic mass is 10.0. The molecule has 0 aromatic carbocycles. The highest BCUT2D eigenvalue weighted by Gasteiger charge is 2.31. The van der Waals surface area contributed by atoms with Crippen molar-refractivity contribution in [2.75, 3.05) is 41.0 Å². The molecule has 0 heterocycles. The van der Waals surface area contributed by atoms with Crippen molar-refractivity contribution >= 4 is 17.9 Å². The summed E-state index contributed by atoms with van der Waals surface area (Å²) in [5, 5.41) is 9.64. The van der Waals surface area contributed by atoms with E-state index < -0.39 is 18.1 Å². The Labute approximate surface area is 374 Å². The molecule has 0 amide bonds. The van der Waals surface area contributed by atoms with E-state index in [2.05, 4.69) is 86.8 Å². The van der Waals surface area contributed by atoms with E-state index in [0.29, 0.717) is 19.3 Å². The van der Waals surface area contributed by atoms with Gasteiger partial charge in [-0.05, 0) is 64.2 Å². The Kier molecular flexibility index (Phi) is 41.1. The predicted octanol–water partition coefficient (Wildman–Crippen LogP) is 13.9. The van der Waals surface area contributed by atoms with E-state index in [1.807, 2.05) is 21.1 Å². The number of nitrogens with zero attached hydrogens (tertiary/aromatic N) is 1. The number of likely N-dealkylation sites (N-methyl/N-ethyl adjacent to an activating group) is 1. The number of carbonyl (C=O) groups excluding carboxylic acids is 2. The summed E-state index contributed by atoms with van der Waals surface area (Å²) in [6.45, 7) is 4.60. The van der Waals surface area contributed by atoms with Crippen molar-refractivity contribution in [3.63, 3.8) is 0 Å². The zero-order valence-electron chi connectivity index (χ0n) is 39.8. The third-order valence-corrected chi connectivity index (χ3v) is 10.6. The molecule has 8 heteroatoms. The largest absolute Gasteiger partial charge is 0.477 e. The van der Waals surface area contributed by atoms with Gasteiger partial charge in [-0.2, -0.15) is 0 Å². The molecule has 0 spiro atoms. The Morgan fingerprint density at radius 2 is 0.918 bits per heavy atom. The molecule has 2 unspecified atom stereocenters. The van der Waals surface area contributed by atoms with Crippen LogP contribution >= 0.6 is 0 Å². The molecule has 8 nitrogen and oxygen atoms in total. The minimum atomic E-state index is -0.881. The zero-order chi connectivity index (χ0) is 44.9. The van der Waals surface area contributed by atoms with Crippen LogP contribution in [0.3, 0.4) is 0 Å². The standard InChI is InChI=1S/C53H91NO7/c1-6-8-10-12-14-16-18-20-22-23-24-25-26-27-28-29-30-32-34-36-38-40-42-44-52(56)61-49(47-59-46-45-50(53(57)58)54(3,4)5)48-60-51(55)43-41-39-37-35-33-31-21-19-17-15-13-11-9-7-2/h8,10,14,16,20,22,24-25,27-28,30,32,49-50H,6-7,9,11-13,15,17-19,21,23,26,29,31,33-48H2,1-5H3/p+1/b10-8+,16-14+,22-20+,25-24+,28-27+,32-30+. The molecule has 0 aliphatic heterocycles. The van der Waals surface area contributed by atoms with E-state index in [1.54, 1.807) is 0 Å². The van der Waals surface area contributed by atoms with Crippen LogP contribution < -0.4 is 0 Å². The first-order valence-corrected chi connectivity index (χ1v) is 24.5. The molecule has 1 N–H and O–H groups in total. The van der Waals surface area contributed by atoms with Gasteiger partial charge in [-0.15, -0.1) is 0 Å². The number of hydrogen-bond donors (Lipinski definition) is 1. The number of ether oxygens (including phenoxy) is 3. The molecule has 0 saturated heterocycles. The lowest BCUT2D eigenvalue weighted by Crippen LogP contribution is -2.50. The molecular weight excluding hydrogens is 763 g/mol. The van der Waals surface area contributed by atoms with Crippen LogP contribution in [-0.4, -0.2) is 80.6 Å². The van der Waals surface area contributed by atoms with E-state index in [9.17, 15) is 19.5 Å². The smallest absolute Gasteiger partial charge is 0.362 e. The quantitative estimate of drug-likeness (QED) is 0.0282. The molecule has 61 heavy (non-hydrogen) atoms. The van der Waals surface area contributed by atoms with Crippen LogP contribution in [0.15, 0.2) is 72.9 Å². The van der Waals surface area contributed by atoms with E-state index >= 15 is 0 Å². The number of carboxylic acid groups (broad SMARTS) is 1. The molecule has 0 aromatic rings. The maximum Gasteiger partial charge on any atom is 0.362 e. The molecule has 0 bridgehead atoms. The average molecular weight is 855 g/mol. The highest BCUT2D eigenvalue weighted by atomic mass is 16.6. The van der Waals surface area contributed by atoms with E-state index in [-0.39, 0.29) is 36.2 Å². The van der Waals surface area contributed by atoms with Gasteiger partial charge in [0.15, 0.2) is 12.1 Å². The van der Waals surface area contributed by atoms with Crippen molar-refractivity contribution in [2.45, 2.75) is 206 Å². The van der Waals surface area contributed by atoms with E-state index in [4.69, 9.17) is 14.2 Å². The van der Waals surface area contributed by atoms with Crippen molar-refractivity contribution in [1.29, 1.82) is 0 Å². The lowest BCUT2D eigenvalue weighted by Gasteiger charge is -2.31. The Morgan fingerprint density at radius 3 is 1.36 bits per heavy atom. The maximum atomic E-state index is 12.8. The highest BCUT2D eigenvalue weighted by molar-refractivity contribution is 5.72. The van der Waals surface area contributed by atoms with Gasteiger partial charge in [0.2, 0.25) is 0 Å². The Hall–Kier alpha value is -3.23. The molecular formula is C53H92NO7+. The molecule has 0 radical (unpaired) electrons. The second-order valence-electron chi connectivity index (χ2n) is 17.3. The van der Waals surface area contributed by atoms with Crippen LogP contribution in [0, 0.1) is 0 Å². The minimum absolute atomic E-state index is 0.0489. The van der Waals surface area contributed by atoms with E-state index in [1.165, 1.54) is 70.6 Å². The van der Waals surface area contributed by atoms with Gasteiger partial charge in [0.05, 0.1) is 34.4 Å². The fraction of sp³-hybridized carbons (Fsp3) is 0.717. The fourth-order valence-corrected chi connectivity index (χ4v) is 6.86. The predicted molar refractivity (Wildman–Crippen MR) is 257 cm³/mol. The van der Waals surface area contributed by atoms with Crippen molar-refractivity contribution in [3.8, 4) is 0 Å². The summed E-state index contributed by atoms with van der Waals surface area (Å²) in [5.74, 6) is -1.50. The third kappa shape index (κ3) is 41.9. The van der Waals surface area contributed by atoms with Gasteiger partial charge in [0.25, 0.3) is 0 Å². The summed E-state index contributed by atoms with van der Waals surface area (Å²) in [5.41, 5.74) is 0. The Morgan fingerprint density at radius 1 is 0.508 bits per heavy atom. The second-order valence-corrected chi connectivity index (χ2v) is 17.3. The molecule has 0 aliphatic rings. The first kappa shape index (κ1) is 57.8. The monoisotopic (exact) mass is 855 g/mol. The molecule has 2 atom stereocenters. The summed E-state index contributed by atoms with van der Waals surface area (Å²) < 4.78 is 17.3. The molecule has 350 valence electrons. The molecule has 0 rings (SSSR count). The van der Waals surface area contributed by atoms with Crippen LogP contribution in [0.4, 0.5) is 0 Å². The van der Waals surface area contributed by atoms with Crippen molar-refractivity contribution in [2.24, 2.45) is 0 Å². The van der Waals surface area contributed by atoms with Gasteiger partial charge >= 0.3 is 17.9 Å². The Bertz CT molecular complexity index is 1230. The van der Waals surface area contributed by atoms with Gasteiger partial charge in [0, 0.05) is 19.3 Å². The Balaban J connectivity index is 4.34. The van der Waals surface area contributed by atoms with Crippen LogP contribution in [0.5, 0.6) is 0 Å². The van der Waals surface area contributed by atoms with E-state index in [0.717, 1.165) is 89.9 Å². The van der Waals surface area contributed by atoms with Crippen molar-refractivity contribution in [3.05, 3.63) is 72.9 Å². The van der Waals surface area contributed by atoms with Gasteiger partial charge in [-0.25, -0.2) is 4.79 Å². The van der Waals surface area contributed by atoms with Gasteiger partial charge in [-0.1, -0.05) is 183 Å². The number of esters is 2. The number of rotatable bonds is 43. The average Bonchev–Trinajstić information content (AvgIpc) is 3.22. The van der Waals surface area contributed by atoms with Crippen LogP contribution in [0.2, 0.25) is 0 Å². The summed E-state index contributed by atoms with van der Waals surface area (Å²) in [6.07, 6.45) is 55.2. The highest BCUT2D eigenvalue weighted by Crippen LogP contribution is 2.15. The minimum Gasteiger partial charge on any atom is -0.477 e. The molecule has 0 saturated carbocycles. The topological polar surface area (TPSA) is 99.1 Å². The molecule has 0 fully saturated rings. The molecule has 0 aromatic heterocycles. The van der Waals surface area contributed by atoms with Gasteiger partial charge in [0.1, 0.15) is 6.61 Å². The summed E-state index contributed by atoms with van der Waals surface area (Å²) in [4.78, 5) is 37.1. The number of carboxylic acids is 1. The van der Waals surface area contributed by atoms with Gasteiger partial charge < -0.3 is 23.8 Å². The number of aliphatic carboxylic acids is 1. The molecule has 0 aliphatic carbocycles. The maximum absolute atomic E-state index is 12.8. The first-order chi connectivity index (χ1) is 29.6. The normalized spacial score (nSPS) is 13.5. The van der Waals surface area contributed by atoms with Crippen LogP contribution in [0.25, 0.3) is 0 Å². The number of allylic oxidation sites excluding steroid dienone is 12. The number of hydrogen-bond acceptors (Lipinski definition) is 6. The van der Waals surface area contributed by atoms with Crippen LogP contribution in [-0.2, 0) is 28.6 Å². The third-order valence-electron chi connectivity index (χ3n) is 10.6. The summed E-state index contributed by atoms with van der Waals surface area (Å²) in [7, 11) is 5.52. The first-order valence-electron chi connectivity index (χ1n) is 24.5. The lowest BCUT2D eigenvalue weighted by molar-refractivity contribution is -0.887. The summed E-state index contributed by atoms with van der Waals surface area (Å²) in [6, 6.07) is -0.622. The second kappa shape index (κ2) is 43.4. The van der Waals surface area contributed by atoms with Crippen molar-refractivity contribution in [1.82, 2.24) is 0 Å². The SMILES string of the molecule is CC/C=C/C/C=C/C/C=C/C/C=C/C/C=C/C/C=C/CCCCCCC(=O)OC(COCCC(C(=O)O)[N+](C)(C)C)COC(=O)CCCCCCCCCCCCCCCC. The number of unbranched alkanes of at least 4 members (excludes halogenated alkanes) is 17. The number of carbonyl (C=O) groups is 3. The van der Waals surface area contributed by atoms with Crippen LogP contribution in [0.1, 0.15) is 194 Å². The zero-order valence-corrected chi connectivity index (χ0v) is 39.8. The number of quaternary nitrogens is 1. The van der Waals surface area contributed by atoms with Crippen molar-refractivity contribution < 1.29 is 38.2 Å². The fourth-order valence-electron chi connectivity index (χ4n) is 6.86. The van der Waals surface area contributed by atoms with Gasteiger partial charge in [-0.3, -0.25) is 9.59 Å².